The van der Waals surface area contributed by atoms with Crippen LogP contribution in [0.15, 0.2) is 10.9 Å². The van der Waals surface area contributed by atoms with Crippen LogP contribution in [0.5, 0.6) is 0 Å². The van der Waals surface area contributed by atoms with Gasteiger partial charge in [0.25, 0.3) is 0 Å². The average molecular weight is 325 g/mol. The van der Waals surface area contributed by atoms with Crippen LogP contribution >= 0.6 is 11.3 Å². The fourth-order valence-corrected chi connectivity index (χ4v) is 2.98. The number of thiazole rings is 1. The number of aromatic nitrogens is 1. The van der Waals surface area contributed by atoms with Gasteiger partial charge < -0.3 is 16.0 Å². The molecular formula is C15H27N5OS. The van der Waals surface area contributed by atoms with Crippen molar-refractivity contribution < 1.29 is 4.79 Å². The second kappa shape index (κ2) is 8.45. The van der Waals surface area contributed by atoms with Crippen LogP contribution in [0.25, 0.3) is 0 Å². The summed E-state index contributed by atoms with van der Waals surface area (Å²) in [5, 5.41) is 5.04. The van der Waals surface area contributed by atoms with Gasteiger partial charge in [-0.15, -0.1) is 11.3 Å². The van der Waals surface area contributed by atoms with E-state index >= 15 is 0 Å². The quantitative estimate of drug-likeness (QED) is 0.857. The summed E-state index contributed by atoms with van der Waals surface area (Å²) < 4.78 is 0. The first kappa shape index (κ1) is 17.2. The third-order valence-corrected chi connectivity index (χ3v) is 4.73. The molecule has 1 atom stereocenters. The van der Waals surface area contributed by atoms with E-state index in [-0.39, 0.29) is 12.1 Å². The molecule has 0 aliphatic carbocycles. The summed E-state index contributed by atoms with van der Waals surface area (Å²) in [5.41, 5.74) is 8.96. The highest BCUT2D eigenvalue weighted by Crippen LogP contribution is 2.09. The van der Waals surface area contributed by atoms with Gasteiger partial charge in [-0.25, -0.2) is 9.78 Å². The maximum Gasteiger partial charge on any atom is 0.317 e. The maximum atomic E-state index is 12.2. The van der Waals surface area contributed by atoms with Gasteiger partial charge in [0.15, 0.2) is 0 Å². The number of amides is 2. The Hall–Kier alpha value is -1.18. The molecule has 1 aliphatic rings. The minimum absolute atomic E-state index is 0.00612. The van der Waals surface area contributed by atoms with E-state index in [1.54, 1.807) is 11.3 Å². The lowest BCUT2D eigenvalue weighted by molar-refractivity contribution is 0.196. The van der Waals surface area contributed by atoms with Crippen LogP contribution in [0.3, 0.4) is 0 Å². The van der Waals surface area contributed by atoms with E-state index < -0.39 is 0 Å². The van der Waals surface area contributed by atoms with E-state index in [1.165, 1.54) is 0 Å². The Bertz CT molecular complexity index is 451. The van der Waals surface area contributed by atoms with E-state index in [1.807, 2.05) is 10.4 Å². The third-order valence-electron chi connectivity index (χ3n) is 4.09. The van der Waals surface area contributed by atoms with Crippen LogP contribution in [0.4, 0.5) is 4.79 Å². The van der Waals surface area contributed by atoms with E-state index in [9.17, 15) is 4.79 Å². The molecule has 0 spiro atoms. The van der Waals surface area contributed by atoms with Gasteiger partial charge in [0.2, 0.25) is 0 Å². The van der Waals surface area contributed by atoms with Crippen molar-refractivity contribution in [2.24, 2.45) is 11.7 Å². The zero-order valence-corrected chi connectivity index (χ0v) is 14.3. The number of hydrogen-bond acceptors (Lipinski definition) is 5. The van der Waals surface area contributed by atoms with Crippen LogP contribution < -0.4 is 11.1 Å². The maximum absolute atomic E-state index is 12.2. The zero-order valence-electron chi connectivity index (χ0n) is 13.5. The Balaban J connectivity index is 1.76. The number of carbonyl (C=O) groups excluding carboxylic acids is 1. The Morgan fingerprint density at radius 2 is 2.23 bits per heavy atom. The molecule has 3 N–H and O–H groups in total. The lowest BCUT2D eigenvalue weighted by Crippen LogP contribution is -2.47. The van der Waals surface area contributed by atoms with Gasteiger partial charge in [0.05, 0.1) is 11.2 Å². The second-order valence-corrected chi connectivity index (χ2v) is 6.91. The molecule has 2 rings (SSSR count). The number of nitrogens with zero attached hydrogens (tertiary/aromatic N) is 3. The van der Waals surface area contributed by atoms with E-state index in [0.29, 0.717) is 12.5 Å². The predicted octanol–water partition coefficient (Wildman–Crippen LogP) is 1.34. The first-order valence-electron chi connectivity index (χ1n) is 7.94. The van der Waals surface area contributed by atoms with Gasteiger partial charge in [-0.3, -0.25) is 4.90 Å². The van der Waals surface area contributed by atoms with Crippen molar-refractivity contribution in [2.45, 2.75) is 32.9 Å². The SMILES string of the molecule is CC(C)C(N)CNC(=O)N1CCCN(Cc2cscn2)CC1. The summed E-state index contributed by atoms with van der Waals surface area (Å²) in [6.45, 7) is 9.00. The summed E-state index contributed by atoms with van der Waals surface area (Å²) >= 11 is 1.63. The Kier molecular flexibility index (Phi) is 6.60. The van der Waals surface area contributed by atoms with Gasteiger partial charge in [0, 0.05) is 50.7 Å². The summed E-state index contributed by atoms with van der Waals surface area (Å²) in [6, 6.07) is 0.0173. The zero-order chi connectivity index (χ0) is 15.9. The molecule has 1 unspecified atom stereocenters. The van der Waals surface area contributed by atoms with Gasteiger partial charge >= 0.3 is 6.03 Å². The third kappa shape index (κ3) is 5.23. The molecule has 124 valence electrons. The molecule has 7 heteroatoms. The standard InChI is InChI=1S/C15H27N5OS/c1-12(2)14(16)8-17-15(21)20-5-3-4-19(6-7-20)9-13-10-22-11-18-13/h10-12,14H,3-9,16H2,1-2H3,(H,17,21). The van der Waals surface area contributed by atoms with Crippen LogP contribution in [0.2, 0.25) is 0 Å². The number of carbonyl (C=O) groups is 1. The van der Waals surface area contributed by atoms with Crippen LogP contribution in [-0.2, 0) is 6.54 Å². The summed E-state index contributed by atoms with van der Waals surface area (Å²) in [6.07, 6.45) is 0.994. The molecule has 0 bridgehead atoms. The van der Waals surface area contributed by atoms with E-state index in [0.717, 1.165) is 44.8 Å². The number of rotatable bonds is 5. The van der Waals surface area contributed by atoms with Crippen LogP contribution in [0.1, 0.15) is 26.0 Å². The minimum atomic E-state index is 0.00612. The van der Waals surface area contributed by atoms with Crippen molar-refractivity contribution in [1.29, 1.82) is 0 Å². The summed E-state index contributed by atoms with van der Waals surface area (Å²) in [7, 11) is 0. The first-order chi connectivity index (χ1) is 10.6. The minimum Gasteiger partial charge on any atom is -0.336 e. The van der Waals surface area contributed by atoms with Crippen molar-refractivity contribution in [3.8, 4) is 0 Å². The molecule has 2 heterocycles. The molecule has 22 heavy (non-hydrogen) atoms. The molecule has 1 saturated heterocycles. The normalized spacial score (nSPS) is 18.3. The molecule has 0 saturated carbocycles. The molecule has 1 aromatic heterocycles. The summed E-state index contributed by atoms with van der Waals surface area (Å²) in [5.74, 6) is 0.373. The van der Waals surface area contributed by atoms with Gasteiger partial charge in [-0.2, -0.15) is 0 Å². The Morgan fingerprint density at radius 3 is 2.91 bits per heavy atom. The fourth-order valence-electron chi connectivity index (χ4n) is 2.43. The molecule has 1 fully saturated rings. The molecule has 1 aromatic rings. The second-order valence-electron chi connectivity index (χ2n) is 6.19. The van der Waals surface area contributed by atoms with Crippen molar-refractivity contribution >= 4 is 17.4 Å². The number of nitrogens with two attached hydrogens (primary N) is 1. The van der Waals surface area contributed by atoms with Gasteiger partial charge in [-0.05, 0) is 12.3 Å². The number of hydrogen-bond donors (Lipinski definition) is 2. The Labute approximate surface area is 136 Å². The number of urea groups is 1. The van der Waals surface area contributed by atoms with Crippen molar-refractivity contribution in [3.05, 3.63) is 16.6 Å². The highest BCUT2D eigenvalue weighted by Gasteiger charge is 2.20. The molecule has 0 aromatic carbocycles. The average Bonchev–Trinajstić information content (AvgIpc) is 2.89. The molecule has 6 nitrogen and oxygen atoms in total. The highest BCUT2D eigenvalue weighted by atomic mass is 32.1. The monoisotopic (exact) mass is 325 g/mol. The van der Waals surface area contributed by atoms with Crippen molar-refractivity contribution in [3.63, 3.8) is 0 Å². The van der Waals surface area contributed by atoms with E-state index in [2.05, 4.69) is 34.4 Å². The van der Waals surface area contributed by atoms with Crippen molar-refractivity contribution in [2.75, 3.05) is 32.7 Å². The Morgan fingerprint density at radius 1 is 1.41 bits per heavy atom. The highest BCUT2D eigenvalue weighted by molar-refractivity contribution is 7.07. The lowest BCUT2D eigenvalue weighted by Gasteiger charge is -2.23. The fraction of sp³-hybridized carbons (Fsp3) is 0.733. The summed E-state index contributed by atoms with van der Waals surface area (Å²) in [4.78, 5) is 20.8. The lowest BCUT2D eigenvalue weighted by atomic mass is 10.1. The first-order valence-corrected chi connectivity index (χ1v) is 8.88. The van der Waals surface area contributed by atoms with E-state index in [4.69, 9.17) is 5.73 Å². The molecule has 2 amide bonds. The van der Waals surface area contributed by atoms with Gasteiger partial charge in [0.1, 0.15) is 0 Å². The van der Waals surface area contributed by atoms with Crippen LogP contribution in [0, 0.1) is 5.92 Å². The number of nitrogens with one attached hydrogen (secondary N) is 1. The van der Waals surface area contributed by atoms with Crippen LogP contribution in [-0.4, -0.2) is 59.6 Å². The largest absolute Gasteiger partial charge is 0.336 e. The smallest absolute Gasteiger partial charge is 0.317 e. The molecule has 1 aliphatic heterocycles. The predicted molar refractivity (Wildman–Crippen MR) is 89.8 cm³/mol. The molecule has 0 radical (unpaired) electrons. The topological polar surface area (TPSA) is 74.5 Å². The van der Waals surface area contributed by atoms with Crippen molar-refractivity contribution in [1.82, 2.24) is 20.1 Å². The molecular weight excluding hydrogens is 298 g/mol. The van der Waals surface area contributed by atoms with Gasteiger partial charge in [-0.1, -0.05) is 13.8 Å².